The second-order valence-electron chi connectivity index (χ2n) is 9.02. The van der Waals surface area contributed by atoms with Gasteiger partial charge in [0.25, 0.3) is 0 Å². The summed E-state index contributed by atoms with van der Waals surface area (Å²) in [5.41, 5.74) is 4.61. The number of nitrogens with zero attached hydrogens (tertiary/aromatic N) is 4. The van der Waals surface area contributed by atoms with Gasteiger partial charge in [0.1, 0.15) is 18.0 Å². The summed E-state index contributed by atoms with van der Waals surface area (Å²) >= 11 is 0. The maximum Gasteiger partial charge on any atom is 0.133 e. The predicted octanol–water partition coefficient (Wildman–Crippen LogP) is 4.31. The van der Waals surface area contributed by atoms with Gasteiger partial charge in [0.2, 0.25) is 0 Å². The summed E-state index contributed by atoms with van der Waals surface area (Å²) in [6.45, 7) is 15.2. The van der Waals surface area contributed by atoms with Crippen molar-refractivity contribution in [2.24, 2.45) is 5.41 Å². The number of nitrogens with one attached hydrogen (secondary N) is 1. The molecule has 0 aromatic carbocycles. The van der Waals surface area contributed by atoms with E-state index in [1.165, 1.54) is 5.56 Å². The number of anilines is 1. The third kappa shape index (κ3) is 3.65. The van der Waals surface area contributed by atoms with Crippen molar-refractivity contribution < 1.29 is 0 Å². The van der Waals surface area contributed by atoms with Crippen molar-refractivity contribution in [1.82, 2.24) is 19.9 Å². The molecule has 0 unspecified atom stereocenters. The van der Waals surface area contributed by atoms with Gasteiger partial charge in [-0.1, -0.05) is 34.6 Å². The third-order valence-corrected chi connectivity index (χ3v) is 5.00. The first kappa shape index (κ1) is 17.8. The predicted molar refractivity (Wildman–Crippen MR) is 101 cm³/mol. The minimum atomic E-state index is -0.0418. The average Bonchev–Trinajstić information content (AvgIpc) is 2.49. The monoisotopic (exact) mass is 339 g/mol. The Hall–Kier alpha value is -2.04. The number of hydrogen-bond acceptors (Lipinski definition) is 5. The molecule has 25 heavy (non-hydrogen) atoms. The summed E-state index contributed by atoms with van der Waals surface area (Å²) in [7, 11) is 0. The largest absolute Gasteiger partial charge is 0.363 e. The van der Waals surface area contributed by atoms with Crippen LogP contribution in [0.3, 0.4) is 0 Å². The van der Waals surface area contributed by atoms with Crippen LogP contribution >= 0.6 is 0 Å². The minimum Gasteiger partial charge on any atom is -0.363 e. The van der Waals surface area contributed by atoms with E-state index < -0.39 is 0 Å². The van der Waals surface area contributed by atoms with E-state index in [-0.39, 0.29) is 16.9 Å². The lowest BCUT2D eigenvalue weighted by molar-refractivity contribution is 0.284. The zero-order valence-corrected chi connectivity index (χ0v) is 16.4. The van der Waals surface area contributed by atoms with Crippen molar-refractivity contribution in [3.63, 3.8) is 0 Å². The van der Waals surface area contributed by atoms with E-state index in [2.05, 4.69) is 61.8 Å². The lowest BCUT2D eigenvalue weighted by Gasteiger charge is -2.37. The van der Waals surface area contributed by atoms with Crippen LogP contribution in [0.4, 0.5) is 5.82 Å². The van der Waals surface area contributed by atoms with E-state index in [1.807, 2.05) is 13.1 Å². The van der Waals surface area contributed by atoms with Crippen LogP contribution in [0.1, 0.15) is 75.4 Å². The molecule has 0 saturated carbocycles. The van der Waals surface area contributed by atoms with Crippen LogP contribution in [0.15, 0.2) is 12.5 Å². The van der Waals surface area contributed by atoms with Gasteiger partial charge in [0, 0.05) is 34.1 Å². The maximum absolute atomic E-state index is 4.93. The Balaban J connectivity index is 2.00. The smallest absolute Gasteiger partial charge is 0.133 e. The van der Waals surface area contributed by atoms with E-state index >= 15 is 0 Å². The average molecular weight is 339 g/mol. The van der Waals surface area contributed by atoms with Crippen molar-refractivity contribution in [2.75, 3.05) is 5.32 Å². The molecule has 0 amide bonds. The molecule has 2 aromatic heterocycles. The van der Waals surface area contributed by atoms with Crippen LogP contribution in [0.2, 0.25) is 0 Å². The molecular formula is C20H29N5. The molecule has 5 heteroatoms. The first-order chi connectivity index (χ1) is 11.6. The molecule has 0 saturated heterocycles. The topological polar surface area (TPSA) is 63.6 Å². The standard InChI is InChI=1S/C20H29N5/c1-12-13(2)22-11-23-17(12)24-15-8-20(6,7)9-16-14(15)10-21-18(25-16)19(3,4)5/h10-11,15H,8-9H2,1-7H3,(H,22,23,24)/t15-/m0/s1. The normalized spacial score (nSPS) is 19.4. The fourth-order valence-corrected chi connectivity index (χ4v) is 3.39. The highest BCUT2D eigenvalue weighted by atomic mass is 15.1. The second kappa shape index (κ2) is 6.04. The van der Waals surface area contributed by atoms with E-state index in [1.54, 1.807) is 6.33 Å². The third-order valence-electron chi connectivity index (χ3n) is 5.00. The van der Waals surface area contributed by atoms with Gasteiger partial charge in [-0.15, -0.1) is 0 Å². The molecule has 0 aliphatic heterocycles. The Morgan fingerprint density at radius 2 is 1.84 bits per heavy atom. The summed E-state index contributed by atoms with van der Waals surface area (Å²) in [6.07, 6.45) is 5.65. The number of aromatic nitrogens is 4. The van der Waals surface area contributed by atoms with E-state index in [9.17, 15) is 0 Å². The number of aryl methyl sites for hydroxylation is 1. The quantitative estimate of drug-likeness (QED) is 0.883. The molecule has 1 atom stereocenters. The first-order valence-electron chi connectivity index (χ1n) is 8.98. The minimum absolute atomic E-state index is 0.0418. The molecule has 1 aliphatic rings. The molecule has 2 heterocycles. The number of hydrogen-bond donors (Lipinski definition) is 1. The first-order valence-corrected chi connectivity index (χ1v) is 8.98. The molecule has 3 rings (SSSR count). The Labute approximate surface area is 150 Å². The molecule has 134 valence electrons. The van der Waals surface area contributed by atoms with Crippen molar-refractivity contribution in [3.05, 3.63) is 40.9 Å². The van der Waals surface area contributed by atoms with Gasteiger partial charge in [0.05, 0.1) is 6.04 Å². The molecule has 5 nitrogen and oxygen atoms in total. The van der Waals surface area contributed by atoms with Crippen molar-refractivity contribution in [3.8, 4) is 0 Å². The molecule has 1 aliphatic carbocycles. The van der Waals surface area contributed by atoms with Gasteiger partial charge in [-0.25, -0.2) is 19.9 Å². The van der Waals surface area contributed by atoms with Gasteiger partial charge < -0.3 is 5.32 Å². The molecule has 2 aromatic rings. The highest BCUT2D eigenvalue weighted by Crippen LogP contribution is 2.41. The lowest BCUT2D eigenvalue weighted by atomic mass is 9.74. The summed E-state index contributed by atoms with van der Waals surface area (Å²) in [5, 5.41) is 3.63. The second-order valence-corrected chi connectivity index (χ2v) is 9.02. The van der Waals surface area contributed by atoms with E-state index in [4.69, 9.17) is 4.98 Å². The molecule has 1 N–H and O–H groups in total. The van der Waals surface area contributed by atoms with Crippen LogP contribution < -0.4 is 5.32 Å². The Morgan fingerprint density at radius 3 is 2.52 bits per heavy atom. The van der Waals surface area contributed by atoms with Crippen LogP contribution in [-0.4, -0.2) is 19.9 Å². The van der Waals surface area contributed by atoms with Crippen LogP contribution in [0.25, 0.3) is 0 Å². The molecule has 0 spiro atoms. The van der Waals surface area contributed by atoms with Crippen molar-refractivity contribution in [2.45, 2.75) is 72.8 Å². The molecule has 0 fully saturated rings. The van der Waals surface area contributed by atoms with Crippen LogP contribution in [0.5, 0.6) is 0 Å². The molecule has 0 radical (unpaired) electrons. The van der Waals surface area contributed by atoms with E-state index in [0.29, 0.717) is 0 Å². The highest BCUT2D eigenvalue weighted by molar-refractivity contribution is 5.47. The Morgan fingerprint density at radius 1 is 1.12 bits per heavy atom. The zero-order valence-electron chi connectivity index (χ0n) is 16.4. The van der Waals surface area contributed by atoms with Gasteiger partial charge in [-0.2, -0.15) is 0 Å². The Bertz CT molecular complexity index is 789. The summed E-state index contributed by atoms with van der Waals surface area (Å²) < 4.78 is 0. The summed E-state index contributed by atoms with van der Waals surface area (Å²) in [4.78, 5) is 18.3. The van der Waals surface area contributed by atoms with Gasteiger partial charge in [-0.05, 0) is 32.1 Å². The van der Waals surface area contributed by atoms with Gasteiger partial charge in [-0.3, -0.25) is 0 Å². The number of fused-ring (bicyclic) bond motifs is 1. The fraction of sp³-hybridized carbons (Fsp3) is 0.600. The zero-order chi connectivity index (χ0) is 18.4. The van der Waals surface area contributed by atoms with Gasteiger partial charge in [0.15, 0.2) is 0 Å². The number of rotatable bonds is 2. The lowest BCUT2D eigenvalue weighted by Crippen LogP contribution is -2.32. The van der Waals surface area contributed by atoms with Gasteiger partial charge >= 0.3 is 0 Å². The van der Waals surface area contributed by atoms with Crippen molar-refractivity contribution in [1.29, 1.82) is 0 Å². The van der Waals surface area contributed by atoms with Crippen LogP contribution in [0, 0.1) is 19.3 Å². The summed E-state index contributed by atoms with van der Waals surface area (Å²) in [6, 6.07) is 0.167. The fourth-order valence-electron chi connectivity index (χ4n) is 3.39. The molecular weight excluding hydrogens is 310 g/mol. The molecule has 0 bridgehead atoms. The van der Waals surface area contributed by atoms with Crippen LogP contribution in [-0.2, 0) is 11.8 Å². The highest BCUT2D eigenvalue weighted by Gasteiger charge is 2.35. The van der Waals surface area contributed by atoms with E-state index in [0.717, 1.165) is 41.4 Å². The SMILES string of the molecule is Cc1ncnc(N[C@H]2CC(C)(C)Cc3nc(C(C)(C)C)ncc32)c1C. The Kier molecular flexibility index (Phi) is 4.30. The summed E-state index contributed by atoms with van der Waals surface area (Å²) in [5.74, 6) is 1.82. The van der Waals surface area contributed by atoms with Crippen molar-refractivity contribution >= 4 is 5.82 Å². The maximum atomic E-state index is 4.93.